The zero-order valence-electron chi connectivity index (χ0n) is 13.1. The number of pyridine rings is 1. The lowest BCUT2D eigenvalue weighted by Gasteiger charge is -2.34. The van der Waals surface area contributed by atoms with E-state index in [0.29, 0.717) is 5.92 Å². The topological polar surface area (TPSA) is 34.0 Å². The molecule has 3 aromatic rings. The van der Waals surface area contributed by atoms with E-state index in [0.717, 1.165) is 23.1 Å². The van der Waals surface area contributed by atoms with Crippen molar-refractivity contribution in [3.63, 3.8) is 0 Å². The third kappa shape index (κ3) is 2.85. The molecule has 0 spiro atoms. The lowest BCUT2D eigenvalue weighted by Crippen LogP contribution is -2.32. The van der Waals surface area contributed by atoms with Crippen LogP contribution in [0.2, 0.25) is 0 Å². The molecule has 0 unspecified atom stereocenters. The van der Waals surface area contributed by atoms with Crippen molar-refractivity contribution in [3.05, 3.63) is 52.9 Å². The van der Waals surface area contributed by atoms with Crippen LogP contribution in [0.1, 0.15) is 24.3 Å². The fraction of sp³-hybridized carbons (Fsp3) is 0.333. The number of nitrogens with zero attached hydrogens (tertiary/aromatic N) is 4. The summed E-state index contributed by atoms with van der Waals surface area (Å²) in [4.78, 5) is 6.97. The monoisotopic (exact) mass is 370 g/mol. The lowest BCUT2D eigenvalue weighted by molar-refractivity contribution is 0.506. The molecule has 4 rings (SSSR count). The van der Waals surface area contributed by atoms with Crippen LogP contribution >= 0.6 is 15.9 Å². The molecular formula is C18H19BrN4. The molecule has 1 fully saturated rings. The maximum Gasteiger partial charge on any atom is 0.0723 e. The van der Waals surface area contributed by atoms with Gasteiger partial charge in [-0.1, -0.05) is 15.9 Å². The molecule has 3 heterocycles. The quantitative estimate of drug-likeness (QED) is 0.680. The van der Waals surface area contributed by atoms with Crippen molar-refractivity contribution < 1.29 is 0 Å². The SMILES string of the molecule is Cn1cc(C2CCN(c3ccnc4ccc(Br)cc34)CC2)cn1. The van der Waals surface area contributed by atoms with E-state index >= 15 is 0 Å². The fourth-order valence-electron chi connectivity index (χ4n) is 3.48. The van der Waals surface area contributed by atoms with E-state index in [4.69, 9.17) is 0 Å². The molecule has 1 aromatic carbocycles. The molecule has 0 saturated carbocycles. The molecule has 0 bridgehead atoms. The summed E-state index contributed by atoms with van der Waals surface area (Å²) in [5.41, 5.74) is 3.72. The molecule has 23 heavy (non-hydrogen) atoms. The Morgan fingerprint density at radius 3 is 2.74 bits per heavy atom. The van der Waals surface area contributed by atoms with Crippen LogP contribution < -0.4 is 4.90 Å². The van der Waals surface area contributed by atoms with Gasteiger partial charge >= 0.3 is 0 Å². The predicted molar refractivity (Wildman–Crippen MR) is 96.8 cm³/mol. The van der Waals surface area contributed by atoms with Gasteiger partial charge in [0.05, 0.1) is 11.7 Å². The van der Waals surface area contributed by atoms with Crippen molar-refractivity contribution in [2.24, 2.45) is 7.05 Å². The van der Waals surface area contributed by atoms with Crippen LogP contribution in [0.25, 0.3) is 10.9 Å². The molecule has 1 saturated heterocycles. The number of rotatable bonds is 2. The van der Waals surface area contributed by atoms with Crippen LogP contribution in [-0.4, -0.2) is 27.9 Å². The van der Waals surface area contributed by atoms with Gasteiger partial charge in [-0.25, -0.2) is 0 Å². The normalized spacial score (nSPS) is 16.2. The van der Waals surface area contributed by atoms with E-state index in [2.05, 4.69) is 55.3 Å². The van der Waals surface area contributed by atoms with Gasteiger partial charge in [0.15, 0.2) is 0 Å². The van der Waals surface area contributed by atoms with Gasteiger partial charge in [0, 0.05) is 48.1 Å². The van der Waals surface area contributed by atoms with Gasteiger partial charge in [-0.3, -0.25) is 9.67 Å². The molecule has 4 nitrogen and oxygen atoms in total. The molecule has 1 aliphatic heterocycles. The summed E-state index contributed by atoms with van der Waals surface area (Å²) in [6.45, 7) is 2.15. The zero-order chi connectivity index (χ0) is 15.8. The van der Waals surface area contributed by atoms with Crippen molar-refractivity contribution in [2.75, 3.05) is 18.0 Å². The standard InChI is InChI=1S/C18H19BrN4/c1-22-12-14(11-21-22)13-5-8-23(9-6-13)18-4-7-20-17-3-2-15(19)10-16(17)18/h2-4,7,10-13H,5-6,8-9H2,1H3. The minimum Gasteiger partial charge on any atom is -0.371 e. The summed E-state index contributed by atoms with van der Waals surface area (Å²) in [6.07, 6.45) is 8.42. The van der Waals surface area contributed by atoms with Crippen LogP contribution in [-0.2, 0) is 7.05 Å². The highest BCUT2D eigenvalue weighted by Crippen LogP contribution is 2.33. The van der Waals surface area contributed by atoms with Crippen LogP contribution in [0, 0.1) is 0 Å². The molecule has 0 N–H and O–H groups in total. The van der Waals surface area contributed by atoms with Gasteiger partial charge in [0.25, 0.3) is 0 Å². The first-order valence-corrected chi connectivity index (χ1v) is 8.78. The highest BCUT2D eigenvalue weighted by atomic mass is 79.9. The number of benzene rings is 1. The van der Waals surface area contributed by atoms with Gasteiger partial charge in [0.2, 0.25) is 0 Å². The summed E-state index contributed by atoms with van der Waals surface area (Å²) < 4.78 is 3.00. The summed E-state index contributed by atoms with van der Waals surface area (Å²) in [5.74, 6) is 0.625. The third-order valence-electron chi connectivity index (χ3n) is 4.71. The first-order valence-electron chi connectivity index (χ1n) is 7.98. The molecule has 0 atom stereocenters. The number of hydrogen-bond acceptors (Lipinski definition) is 3. The van der Waals surface area contributed by atoms with Crippen molar-refractivity contribution >= 4 is 32.5 Å². The van der Waals surface area contributed by atoms with Gasteiger partial charge in [0.1, 0.15) is 0 Å². The molecule has 2 aromatic heterocycles. The van der Waals surface area contributed by atoms with Gasteiger partial charge < -0.3 is 4.90 Å². The van der Waals surface area contributed by atoms with Crippen molar-refractivity contribution in [1.29, 1.82) is 0 Å². The second-order valence-corrected chi connectivity index (χ2v) is 7.12. The zero-order valence-corrected chi connectivity index (χ0v) is 14.7. The number of fused-ring (bicyclic) bond motifs is 1. The van der Waals surface area contributed by atoms with Crippen molar-refractivity contribution in [1.82, 2.24) is 14.8 Å². The molecule has 1 aliphatic rings. The Kier molecular flexibility index (Phi) is 3.81. The second kappa shape index (κ2) is 5.96. The Balaban J connectivity index is 1.58. The molecular weight excluding hydrogens is 352 g/mol. The Morgan fingerprint density at radius 2 is 2.00 bits per heavy atom. The number of anilines is 1. The highest BCUT2D eigenvalue weighted by Gasteiger charge is 2.22. The molecule has 0 radical (unpaired) electrons. The van der Waals surface area contributed by atoms with Gasteiger partial charge in [-0.05, 0) is 48.6 Å². The Morgan fingerprint density at radius 1 is 1.17 bits per heavy atom. The lowest BCUT2D eigenvalue weighted by atomic mass is 9.91. The van der Waals surface area contributed by atoms with E-state index in [9.17, 15) is 0 Å². The largest absolute Gasteiger partial charge is 0.371 e. The molecule has 5 heteroatoms. The van der Waals surface area contributed by atoms with E-state index in [1.54, 1.807) is 0 Å². The molecule has 0 aliphatic carbocycles. The van der Waals surface area contributed by atoms with E-state index in [1.807, 2.05) is 30.2 Å². The molecule has 118 valence electrons. The summed E-state index contributed by atoms with van der Waals surface area (Å²) in [5, 5.41) is 5.53. The number of halogens is 1. The highest BCUT2D eigenvalue weighted by molar-refractivity contribution is 9.10. The van der Waals surface area contributed by atoms with Gasteiger partial charge in [-0.2, -0.15) is 5.10 Å². The summed E-state index contributed by atoms with van der Waals surface area (Å²) in [6, 6.07) is 8.43. The smallest absolute Gasteiger partial charge is 0.0723 e. The summed E-state index contributed by atoms with van der Waals surface area (Å²) in [7, 11) is 1.99. The minimum absolute atomic E-state index is 0.625. The average molecular weight is 371 g/mol. The maximum absolute atomic E-state index is 4.48. The van der Waals surface area contributed by atoms with E-state index in [-0.39, 0.29) is 0 Å². The number of aryl methyl sites for hydroxylation is 1. The van der Waals surface area contributed by atoms with Gasteiger partial charge in [-0.15, -0.1) is 0 Å². The van der Waals surface area contributed by atoms with E-state index in [1.165, 1.54) is 29.5 Å². The van der Waals surface area contributed by atoms with Crippen molar-refractivity contribution in [3.8, 4) is 0 Å². The van der Waals surface area contributed by atoms with Crippen molar-refractivity contribution in [2.45, 2.75) is 18.8 Å². The Hall–Kier alpha value is -1.88. The Labute approximate surface area is 144 Å². The van der Waals surface area contributed by atoms with E-state index < -0.39 is 0 Å². The van der Waals surface area contributed by atoms with Crippen LogP contribution in [0.15, 0.2) is 47.3 Å². The number of piperidine rings is 1. The first kappa shape index (κ1) is 14.7. The average Bonchev–Trinajstić information content (AvgIpc) is 3.01. The fourth-order valence-corrected chi connectivity index (χ4v) is 3.85. The predicted octanol–water partition coefficient (Wildman–Crippen LogP) is 4.11. The Bertz CT molecular complexity index is 834. The number of aromatic nitrogens is 3. The second-order valence-electron chi connectivity index (χ2n) is 6.20. The van der Waals surface area contributed by atoms with Crippen LogP contribution in [0.4, 0.5) is 5.69 Å². The molecule has 0 amide bonds. The first-order chi connectivity index (χ1) is 11.2. The minimum atomic E-state index is 0.625. The van der Waals surface area contributed by atoms with Crippen LogP contribution in [0.5, 0.6) is 0 Å². The third-order valence-corrected chi connectivity index (χ3v) is 5.21. The maximum atomic E-state index is 4.48. The summed E-state index contributed by atoms with van der Waals surface area (Å²) >= 11 is 3.58. The van der Waals surface area contributed by atoms with Crippen LogP contribution in [0.3, 0.4) is 0 Å². The number of hydrogen-bond donors (Lipinski definition) is 0.